The summed E-state index contributed by atoms with van der Waals surface area (Å²) in [6, 6.07) is 12.2. The lowest BCUT2D eigenvalue weighted by Gasteiger charge is -2.24. The van der Waals surface area contributed by atoms with Crippen molar-refractivity contribution >= 4 is 28.2 Å². The van der Waals surface area contributed by atoms with Gasteiger partial charge in [0.1, 0.15) is 7.11 Å². The van der Waals surface area contributed by atoms with Gasteiger partial charge in [-0.1, -0.05) is 24.8 Å². The molecule has 37 heavy (non-hydrogen) atoms. The zero-order valence-electron chi connectivity index (χ0n) is 21.2. The average molecular weight is 505 g/mol. The van der Waals surface area contributed by atoms with Crippen LogP contribution in [0.25, 0.3) is 22.2 Å². The van der Waals surface area contributed by atoms with E-state index in [0.29, 0.717) is 23.6 Å². The van der Waals surface area contributed by atoms with E-state index in [1.807, 2.05) is 61.4 Å². The summed E-state index contributed by atoms with van der Waals surface area (Å²) in [4.78, 5) is 30.1. The Morgan fingerprint density at radius 1 is 1.19 bits per heavy atom. The molecule has 0 aliphatic heterocycles. The van der Waals surface area contributed by atoms with Gasteiger partial charge < -0.3 is 24.7 Å². The van der Waals surface area contributed by atoms with Crippen LogP contribution in [0.4, 0.5) is 15.8 Å². The first-order valence-corrected chi connectivity index (χ1v) is 11.6. The van der Waals surface area contributed by atoms with E-state index in [1.54, 1.807) is 17.9 Å². The van der Waals surface area contributed by atoms with Crippen LogP contribution in [0.2, 0.25) is 0 Å². The highest BCUT2D eigenvalue weighted by molar-refractivity contribution is 6.01. The zero-order chi connectivity index (χ0) is 26.5. The topological polar surface area (TPSA) is 84.7 Å². The molecule has 0 aliphatic rings. The number of nitrogens with one attached hydrogen (secondary N) is 1. The Balaban J connectivity index is 1.68. The Bertz CT molecular complexity index is 1440. The number of likely N-dealkylation sites (N-methyl/N-ethyl adjacent to an activating group) is 2. The lowest BCUT2D eigenvalue weighted by molar-refractivity contribution is -0.111. The van der Waals surface area contributed by atoms with Crippen LogP contribution in [0.1, 0.15) is 0 Å². The van der Waals surface area contributed by atoms with Gasteiger partial charge in [0, 0.05) is 49.4 Å². The number of carbonyl (C=O) groups is 1. The number of carbonyl (C=O) groups excluding carboxylic acids is 1. The summed E-state index contributed by atoms with van der Waals surface area (Å²) in [5.74, 6) is -1.17. The lowest BCUT2D eigenvalue weighted by atomic mass is 10.1. The molecule has 0 unspecified atom stereocenters. The highest BCUT2D eigenvalue weighted by atomic mass is 19.1. The standard InChI is InChI=1S/C27H29FN6O3/c1-6-26(35)30-22-16-25(20(28)15-24(22)33(4)14-13-32(2)3)37-27-29-12-11-21(31-27)19-17-34(36-5)23-10-8-7-9-18(19)23/h6-12,15-17H,1,13-14H2,2-5H3,(H,30,35). The summed E-state index contributed by atoms with van der Waals surface area (Å²) >= 11 is 0. The Morgan fingerprint density at radius 3 is 2.70 bits per heavy atom. The molecule has 2 heterocycles. The monoisotopic (exact) mass is 504 g/mol. The number of para-hydroxylation sites is 1. The maximum atomic E-state index is 15.2. The first-order valence-electron chi connectivity index (χ1n) is 11.6. The van der Waals surface area contributed by atoms with Gasteiger partial charge >= 0.3 is 6.01 Å². The van der Waals surface area contributed by atoms with Crippen molar-refractivity contribution in [1.82, 2.24) is 19.6 Å². The second-order valence-electron chi connectivity index (χ2n) is 8.61. The van der Waals surface area contributed by atoms with Gasteiger partial charge in [-0.25, -0.2) is 9.37 Å². The summed E-state index contributed by atoms with van der Waals surface area (Å²) in [6.45, 7) is 4.85. The van der Waals surface area contributed by atoms with Crippen molar-refractivity contribution in [3.63, 3.8) is 0 Å². The van der Waals surface area contributed by atoms with E-state index in [-0.39, 0.29) is 11.8 Å². The molecule has 10 heteroatoms. The third-order valence-electron chi connectivity index (χ3n) is 5.77. The quantitative estimate of drug-likeness (QED) is 0.324. The molecule has 4 rings (SSSR count). The molecule has 4 aromatic rings. The number of fused-ring (bicyclic) bond motifs is 1. The van der Waals surface area contributed by atoms with Crippen molar-refractivity contribution in [2.45, 2.75) is 0 Å². The van der Waals surface area contributed by atoms with Crippen molar-refractivity contribution in [2.24, 2.45) is 0 Å². The largest absolute Gasteiger partial charge is 0.421 e. The SMILES string of the molecule is C=CC(=O)Nc1cc(Oc2nccc(-c3cn(OC)c4ccccc34)n2)c(F)cc1N(C)CCN(C)C. The second kappa shape index (κ2) is 11.1. The minimum Gasteiger partial charge on any atom is -0.421 e. The molecule has 0 aliphatic carbocycles. The van der Waals surface area contributed by atoms with Crippen LogP contribution in [0, 0.1) is 5.82 Å². The molecule has 0 radical (unpaired) electrons. The van der Waals surface area contributed by atoms with Crippen LogP contribution in [0.15, 0.2) is 67.5 Å². The number of anilines is 2. The van der Waals surface area contributed by atoms with Crippen molar-refractivity contribution in [1.29, 1.82) is 0 Å². The summed E-state index contributed by atoms with van der Waals surface area (Å²) in [6.07, 6.45) is 4.51. The molecule has 2 aromatic heterocycles. The van der Waals surface area contributed by atoms with Crippen LogP contribution < -0.4 is 19.8 Å². The Kier molecular flexibility index (Phi) is 7.69. The van der Waals surface area contributed by atoms with Gasteiger partial charge in [0.25, 0.3) is 0 Å². The minimum atomic E-state index is -0.617. The average Bonchev–Trinajstić information content (AvgIpc) is 3.28. The van der Waals surface area contributed by atoms with E-state index in [2.05, 4.69) is 21.9 Å². The van der Waals surface area contributed by atoms with Crippen LogP contribution >= 0.6 is 0 Å². The predicted molar refractivity (Wildman–Crippen MR) is 143 cm³/mol. The number of amides is 1. The van der Waals surface area contributed by atoms with Gasteiger partial charge in [-0.15, -0.1) is 0 Å². The Morgan fingerprint density at radius 2 is 1.97 bits per heavy atom. The van der Waals surface area contributed by atoms with Crippen molar-refractivity contribution in [3.05, 3.63) is 73.3 Å². The molecular weight excluding hydrogens is 475 g/mol. The molecule has 2 aromatic carbocycles. The molecule has 1 N–H and O–H groups in total. The third kappa shape index (κ3) is 5.70. The van der Waals surface area contributed by atoms with Crippen LogP contribution in [0.3, 0.4) is 0 Å². The van der Waals surface area contributed by atoms with Crippen molar-refractivity contribution in [2.75, 3.05) is 51.6 Å². The summed E-state index contributed by atoms with van der Waals surface area (Å²) in [5.41, 5.74) is 3.15. The predicted octanol–water partition coefficient (Wildman–Crippen LogP) is 4.21. The number of rotatable bonds is 10. The third-order valence-corrected chi connectivity index (χ3v) is 5.77. The molecule has 0 atom stereocenters. The minimum absolute atomic E-state index is 0.0413. The van der Waals surface area contributed by atoms with E-state index in [0.717, 1.165) is 29.1 Å². The molecule has 0 bridgehead atoms. The molecule has 1 amide bonds. The first kappa shape index (κ1) is 25.6. The number of aromatic nitrogens is 3. The molecule has 0 saturated heterocycles. The number of benzene rings is 2. The fourth-order valence-electron chi connectivity index (χ4n) is 3.83. The van der Waals surface area contributed by atoms with E-state index in [9.17, 15) is 4.79 Å². The fraction of sp³-hybridized carbons (Fsp3) is 0.222. The number of nitrogens with zero attached hydrogens (tertiary/aromatic N) is 5. The van der Waals surface area contributed by atoms with Crippen LogP contribution in [0.5, 0.6) is 11.8 Å². The molecule has 0 spiro atoms. The van der Waals surface area contributed by atoms with Crippen molar-refractivity contribution < 1.29 is 18.8 Å². The van der Waals surface area contributed by atoms with Gasteiger partial charge in [-0.2, -0.15) is 9.71 Å². The number of hydrogen-bond acceptors (Lipinski definition) is 7. The highest BCUT2D eigenvalue weighted by Gasteiger charge is 2.18. The fourth-order valence-corrected chi connectivity index (χ4v) is 3.83. The van der Waals surface area contributed by atoms with Gasteiger partial charge in [0.05, 0.1) is 28.8 Å². The van der Waals surface area contributed by atoms with Gasteiger partial charge in [-0.05, 0) is 32.3 Å². The van der Waals surface area contributed by atoms with Gasteiger partial charge in [0.15, 0.2) is 11.6 Å². The van der Waals surface area contributed by atoms with E-state index in [4.69, 9.17) is 9.57 Å². The lowest BCUT2D eigenvalue weighted by Crippen LogP contribution is -2.29. The number of hydrogen-bond donors (Lipinski definition) is 1. The molecule has 192 valence electrons. The van der Waals surface area contributed by atoms with Gasteiger partial charge in [0.2, 0.25) is 5.91 Å². The molecular formula is C27H29FN6O3. The molecule has 9 nitrogen and oxygen atoms in total. The van der Waals surface area contributed by atoms with Gasteiger partial charge in [-0.3, -0.25) is 4.79 Å². The summed E-state index contributed by atoms with van der Waals surface area (Å²) < 4.78 is 22.6. The zero-order valence-corrected chi connectivity index (χ0v) is 21.2. The number of ether oxygens (including phenoxy) is 1. The molecule has 0 fully saturated rings. The smallest absolute Gasteiger partial charge is 0.322 e. The van der Waals surface area contributed by atoms with E-state index in [1.165, 1.54) is 18.3 Å². The Hall–Kier alpha value is -4.44. The van der Waals surface area contributed by atoms with Crippen LogP contribution in [-0.4, -0.2) is 66.8 Å². The summed E-state index contributed by atoms with van der Waals surface area (Å²) in [5, 5.41) is 3.66. The Labute approximate surface area is 214 Å². The van der Waals surface area contributed by atoms with E-state index >= 15 is 4.39 Å². The maximum absolute atomic E-state index is 15.2. The van der Waals surface area contributed by atoms with E-state index < -0.39 is 11.7 Å². The van der Waals surface area contributed by atoms with Crippen molar-refractivity contribution in [3.8, 4) is 23.0 Å². The number of halogens is 1. The summed E-state index contributed by atoms with van der Waals surface area (Å²) in [7, 11) is 7.31. The van der Waals surface area contributed by atoms with Crippen LogP contribution in [-0.2, 0) is 4.79 Å². The first-order chi connectivity index (χ1) is 17.8. The normalized spacial score (nSPS) is 11.0. The highest BCUT2D eigenvalue weighted by Crippen LogP contribution is 2.35. The molecule has 0 saturated carbocycles. The second-order valence-corrected chi connectivity index (χ2v) is 8.61. The maximum Gasteiger partial charge on any atom is 0.322 e.